The summed E-state index contributed by atoms with van der Waals surface area (Å²) in [5.41, 5.74) is 0. The van der Waals surface area contributed by atoms with Crippen molar-refractivity contribution in [1.82, 2.24) is 0 Å². The van der Waals surface area contributed by atoms with Gasteiger partial charge in [0.15, 0.2) is 0 Å². The maximum absolute atomic E-state index is 5.44. The first-order valence-electron chi connectivity index (χ1n) is 4.31. The van der Waals surface area contributed by atoms with Crippen molar-refractivity contribution < 1.29 is 14.2 Å². The summed E-state index contributed by atoms with van der Waals surface area (Å²) >= 11 is 1.36. The molecule has 0 aliphatic carbocycles. The molecule has 0 heterocycles. The van der Waals surface area contributed by atoms with Gasteiger partial charge in [-0.05, 0) is 0 Å². The Morgan fingerprint density at radius 1 is 0.917 bits per heavy atom. The van der Waals surface area contributed by atoms with Crippen molar-refractivity contribution in [1.29, 1.82) is 0 Å². The van der Waals surface area contributed by atoms with Crippen LogP contribution in [0.4, 0.5) is 0 Å². The Morgan fingerprint density at radius 3 is 1.42 bits per heavy atom. The third-order valence-corrected chi connectivity index (χ3v) is 2.55. The van der Waals surface area contributed by atoms with E-state index in [1.165, 1.54) is 22.5 Å². The number of hydrogen-bond donors (Lipinski definition) is 0. The van der Waals surface area contributed by atoms with Crippen molar-refractivity contribution in [3.63, 3.8) is 0 Å². The van der Waals surface area contributed by atoms with E-state index in [-0.39, 0.29) is 0 Å². The fourth-order valence-electron chi connectivity index (χ4n) is 0.938. The Bertz CT molecular complexity index is 91.5. The van der Waals surface area contributed by atoms with Gasteiger partial charge in [-0.25, -0.2) is 0 Å². The summed E-state index contributed by atoms with van der Waals surface area (Å²) in [4.78, 5) is 0. The summed E-state index contributed by atoms with van der Waals surface area (Å²) in [5.74, 6) is -0.767. The number of hydrogen-bond acceptors (Lipinski definition) is 3. The molecule has 3 nitrogen and oxygen atoms in total. The van der Waals surface area contributed by atoms with E-state index in [2.05, 4.69) is 0 Å². The van der Waals surface area contributed by atoms with Crippen molar-refractivity contribution in [2.24, 2.45) is 0 Å². The van der Waals surface area contributed by atoms with Crippen LogP contribution >= 0.6 is 0 Å². The molecule has 0 N–H and O–H groups in total. The molecule has 0 aliphatic heterocycles. The zero-order valence-corrected chi connectivity index (χ0v) is 10.9. The molecule has 0 unspecified atom stereocenters. The average Bonchev–Trinajstić information content (AvgIpc) is 2.06. The van der Waals surface area contributed by atoms with Gasteiger partial charge in [0.1, 0.15) is 0 Å². The van der Waals surface area contributed by atoms with Gasteiger partial charge in [0, 0.05) is 0 Å². The number of ether oxygens (including phenoxy) is 3. The summed E-state index contributed by atoms with van der Waals surface area (Å²) in [7, 11) is 0. The van der Waals surface area contributed by atoms with E-state index in [1.54, 1.807) is 0 Å². The molecule has 12 heavy (non-hydrogen) atoms. The minimum absolute atomic E-state index is 0.619. The van der Waals surface area contributed by atoms with Gasteiger partial charge in [0.05, 0.1) is 0 Å². The molecule has 4 heteroatoms. The van der Waals surface area contributed by atoms with E-state index in [1.807, 2.05) is 20.8 Å². The molecule has 0 bridgehead atoms. The molecule has 0 aromatic carbocycles. The van der Waals surface area contributed by atoms with Gasteiger partial charge in [-0.2, -0.15) is 0 Å². The SMILES string of the molecule is CCOC([CH2][Sn])(OCC)OCC. The van der Waals surface area contributed by atoms with Crippen LogP contribution in [0.15, 0.2) is 0 Å². The minimum atomic E-state index is -0.767. The van der Waals surface area contributed by atoms with E-state index in [0.29, 0.717) is 19.8 Å². The summed E-state index contributed by atoms with van der Waals surface area (Å²) in [6.07, 6.45) is 0. The first-order chi connectivity index (χ1) is 5.74. The molecule has 0 fully saturated rings. The predicted molar refractivity (Wildman–Crippen MR) is 48.2 cm³/mol. The van der Waals surface area contributed by atoms with E-state index in [0.717, 1.165) is 4.44 Å². The summed E-state index contributed by atoms with van der Waals surface area (Å²) in [5, 5.41) is 0. The second kappa shape index (κ2) is 7.12. The van der Waals surface area contributed by atoms with Crippen LogP contribution in [0.25, 0.3) is 0 Å². The van der Waals surface area contributed by atoms with Gasteiger partial charge < -0.3 is 0 Å². The van der Waals surface area contributed by atoms with Crippen LogP contribution < -0.4 is 0 Å². The van der Waals surface area contributed by atoms with Crippen molar-refractivity contribution in [2.45, 2.75) is 31.2 Å². The topological polar surface area (TPSA) is 27.7 Å². The monoisotopic (exact) mass is 281 g/mol. The molecule has 0 rings (SSSR count). The Morgan fingerprint density at radius 2 is 1.25 bits per heavy atom. The second-order valence-electron chi connectivity index (χ2n) is 2.16. The molecule has 0 aromatic heterocycles. The van der Waals surface area contributed by atoms with Crippen LogP contribution in [-0.4, -0.2) is 48.3 Å². The fraction of sp³-hybridized carbons (Fsp3) is 1.00. The average molecular weight is 280 g/mol. The molecule has 0 saturated heterocycles. The third-order valence-electron chi connectivity index (χ3n) is 1.31. The molecule has 0 saturated carbocycles. The maximum atomic E-state index is 5.44. The second-order valence-corrected chi connectivity index (χ2v) is 3.17. The molecule has 0 atom stereocenters. The Kier molecular flexibility index (Phi) is 7.52. The molecule has 0 amide bonds. The van der Waals surface area contributed by atoms with Crippen molar-refractivity contribution in [2.75, 3.05) is 19.8 Å². The van der Waals surface area contributed by atoms with Gasteiger partial charge in [-0.3, -0.25) is 0 Å². The van der Waals surface area contributed by atoms with Crippen LogP contribution in [0.1, 0.15) is 20.8 Å². The van der Waals surface area contributed by atoms with Crippen molar-refractivity contribution in [3.8, 4) is 0 Å². The van der Waals surface area contributed by atoms with Crippen molar-refractivity contribution >= 4 is 22.5 Å². The normalized spacial score (nSPS) is 12.0. The summed E-state index contributed by atoms with van der Waals surface area (Å²) in [6.45, 7) is 7.69. The zero-order valence-electron chi connectivity index (χ0n) is 8.05. The van der Waals surface area contributed by atoms with Crippen LogP contribution in [-0.2, 0) is 14.2 Å². The van der Waals surface area contributed by atoms with E-state index >= 15 is 0 Å². The number of rotatable bonds is 7. The molecular weight excluding hydrogens is 263 g/mol. The molecule has 3 radical (unpaired) electrons. The molecule has 71 valence electrons. The molecular formula is C8H17O3Sn. The van der Waals surface area contributed by atoms with Crippen LogP contribution in [0, 0.1) is 0 Å². The first kappa shape index (κ1) is 12.7. The molecule has 0 aliphatic rings. The Labute approximate surface area is 87.8 Å². The first-order valence-corrected chi connectivity index (χ1v) is 6.32. The fourth-order valence-corrected chi connectivity index (χ4v) is 1.81. The Hall–Kier alpha value is 0.679. The van der Waals surface area contributed by atoms with Gasteiger partial charge in [-0.15, -0.1) is 0 Å². The van der Waals surface area contributed by atoms with Crippen LogP contribution in [0.2, 0.25) is 4.44 Å². The van der Waals surface area contributed by atoms with Gasteiger partial charge >= 0.3 is 87.7 Å². The van der Waals surface area contributed by atoms with Crippen LogP contribution in [0.5, 0.6) is 0 Å². The quantitative estimate of drug-likeness (QED) is 0.520. The Balaban J connectivity index is 4.06. The summed E-state index contributed by atoms with van der Waals surface area (Å²) < 4.78 is 17.1. The third kappa shape index (κ3) is 4.07. The van der Waals surface area contributed by atoms with Crippen molar-refractivity contribution in [3.05, 3.63) is 0 Å². The molecule has 0 aromatic rings. The standard InChI is InChI=1S/C8H17O3.Sn/c1-5-9-8(4,10-6-2)11-7-3;/h4-7H2,1-3H3;. The predicted octanol–water partition coefficient (Wildman–Crippen LogP) is 1.34. The van der Waals surface area contributed by atoms with Gasteiger partial charge in [0.25, 0.3) is 0 Å². The van der Waals surface area contributed by atoms with E-state index in [4.69, 9.17) is 14.2 Å². The van der Waals surface area contributed by atoms with Gasteiger partial charge in [0.2, 0.25) is 0 Å². The van der Waals surface area contributed by atoms with Crippen LogP contribution in [0.3, 0.4) is 0 Å². The van der Waals surface area contributed by atoms with E-state index in [9.17, 15) is 0 Å². The zero-order chi connectivity index (χ0) is 9.45. The summed E-state index contributed by atoms with van der Waals surface area (Å²) in [6, 6.07) is 0. The van der Waals surface area contributed by atoms with E-state index < -0.39 is 5.97 Å². The molecule has 0 spiro atoms. The van der Waals surface area contributed by atoms with Gasteiger partial charge in [-0.1, -0.05) is 0 Å².